The molecule has 0 aliphatic carbocycles. The van der Waals surface area contributed by atoms with Gasteiger partial charge in [-0.3, -0.25) is 0 Å². The van der Waals surface area contributed by atoms with Crippen LogP contribution in [0.25, 0.3) is 0 Å². The number of unbranched alkanes of at least 4 members (excludes halogenated alkanes) is 1. The van der Waals surface area contributed by atoms with E-state index in [0.29, 0.717) is 0 Å². The van der Waals surface area contributed by atoms with Crippen LogP contribution in [-0.4, -0.2) is 12.3 Å². The second kappa shape index (κ2) is 8.86. The van der Waals surface area contributed by atoms with E-state index in [2.05, 4.69) is 13.8 Å². The molecule has 0 aromatic heterocycles. The van der Waals surface area contributed by atoms with Gasteiger partial charge in [-0.15, -0.1) is 0 Å². The van der Waals surface area contributed by atoms with Crippen LogP contribution in [0.5, 0.6) is 0 Å². The first-order valence-electron chi connectivity index (χ1n) is 3.75. The van der Waals surface area contributed by atoms with Crippen LogP contribution in [0, 0.1) is 0 Å². The highest BCUT2D eigenvalue weighted by Gasteiger charge is 1.87. The Morgan fingerprint density at radius 2 is 1.56 bits per heavy atom. The molecular weight excluding hydrogens is 146 g/mol. The number of hydrogen-bond acceptors (Lipinski definition) is 0. The Kier molecular flexibility index (Phi) is 9.71. The lowest BCUT2D eigenvalue weighted by Crippen LogP contribution is -1.70. The van der Waals surface area contributed by atoms with Gasteiger partial charge in [0.05, 0.1) is 0 Å². The van der Waals surface area contributed by atoms with Crippen LogP contribution in [0.15, 0.2) is 0 Å². The van der Waals surface area contributed by atoms with Crippen LogP contribution in [0.3, 0.4) is 0 Å². The van der Waals surface area contributed by atoms with E-state index < -0.39 is 0 Å². The van der Waals surface area contributed by atoms with Gasteiger partial charge in [0.2, 0.25) is 0 Å². The Hall–Kier alpha value is 0.860. The van der Waals surface area contributed by atoms with Gasteiger partial charge in [0.15, 0.2) is 0 Å². The minimum atomic E-state index is 1.35. The van der Waals surface area contributed by atoms with Crippen LogP contribution in [0.4, 0.5) is 0 Å². The van der Waals surface area contributed by atoms with Gasteiger partial charge in [-0.25, -0.2) is 0 Å². The van der Waals surface area contributed by atoms with Crippen molar-refractivity contribution in [2.45, 2.75) is 33.1 Å². The van der Waals surface area contributed by atoms with Gasteiger partial charge in [0.25, 0.3) is 0 Å². The average molecular weight is 162 g/mol. The normalized spacial score (nSPS) is 12.7. The first-order valence-corrected chi connectivity index (χ1v) is 6.61. The summed E-state index contributed by atoms with van der Waals surface area (Å²) in [6.07, 6.45) is 6.93. The Labute approximate surface area is 62.7 Å². The molecule has 0 nitrogen and oxygen atoms in total. The summed E-state index contributed by atoms with van der Waals surface area (Å²) in [6, 6.07) is 0. The van der Waals surface area contributed by atoms with E-state index in [1.165, 1.54) is 31.6 Å². The van der Waals surface area contributed by atoms with Gasteiger partial charge in [-0.1, -0.05) is 26.7 Å². The quantitative estimate of drug-likeness (QED) is 0.409. The molecule has 0 bridgehead atoms. The average Bonchev–Trinajstić information content (AvgIpc) is 1.89. The molecule has 0 aliphatic heterocycles. The standard InChI is InChI=1S/C7H16P2/c1-3-5-7-9-8-6-4-2/h3-7H2,1-2H3. The molecule has 54 valence electrons. The van der Waals surface area contributed by atoms with Crippen molar-refractivity contribution in [3.8, 4) is 0 Å². The molecule has 0 rings (SSSR count). The van der Waals surface area contributed by atoms with Gasteiger partial charge in [-0.2, -0.15) is 0 Å². The molecule has 0 amide bonds. The smallest absolute Gasteiger partial charge is 0.0242 e. The van der Waals surface area contributed by atoms with Crippen LogP contribution in [-0.2, 0) is 0 Å². The van der Waals surface area contributed by atoms with Crippen molar-refractivity contribution < 1.29 is 0 Å². The van der Waals surface area contributed by atoms with E-state index in [0.717, 1.165) is 0 Å². The van der Waals surface area contributed by atoms with Crippen molar-refractivity contribution in [2.75, 3.05) is 12.3 Å². The van der Waals surface area contributed by atoms with Gasteiger partial charge >= 0.3 is 0 Å². The molecule has 9 heavy (non-hydrogen) atoms. The Morgan fingerprint density at radius 3 is 2.11 bits per heavy atom. The van der Waals surface area contributed by atoms with E-state index >= 15 is 0 Å². The molecule has 0 heterocycles. The summed E-state index contributed by atoms with van der Waals surface area (Å²) in [7, 11) is 3.29. The predicted molar refractivity (Wildman–Crippen MR) is 48.8 cm³/mol. The highest BCUT2D eigenvalue weighted by molar-refractivity contribution is 8.11. The summed E-state index contributed by atoms with van der Waals surface area (Å²) in [5.74, 6) is 0. The molecule has 0 spiro atoms. The lowest BCUT2D eigenvalue weighted by molar-refractivity contribution is 0.896. The van der Waals surface area contributed by atoms with Gasteiger partial charge < -0.3 is 0 Å². The van der Waals surface area contributed by atoms with E-state index in [1.807, 2.05) is 0 Å². The van der Waals surface area contributed by atoms with Gasteiger partial charge in [-0.05, 0) is 35.3 Å². The fraction of sp³-hybridized carbons (Fsp3) is 1.00. The lowest BCUT2D eigenvalue weighted by Gasteiger charge is -1.94. The molecule has 0 saturated carbocycles. The second-order valence-corrected chi connectivity index (χ2v) is 5.24. The monoisotopic (exact) mass is 162 g/mol. The van der Waals surface area contributed by atoms with Crippen LogP contribution in [0.2, 0.25) is 0 Å². The maximum Gasteiger partial charge on any atom is -0.0242 e. The summed E-state index contributed by atoms with van der Waals surface area (Å²) in [4.78, 5) is 0. The molecule has 2 radical (unpaired) electrons. The summed E-state index contributed by atoms with van der Waals surface area (Å²) in [6.45, 7) is 4.51. The fourth-order valence-electron chi connectivity index (χ4n) is 0.470. The zero-order valence-corrected chi connectivity index (χ0v) is 8.22. The number of hydrogen-bond donors (Lipinski definition) is 0. The molecule has 0 atom stereocenters. The van der Waals surface area contributed by atoms with Crippen molar-refractivity contribution >= 4 is 16.5 Å². The van der Waals surface area contributed by atoms with Crippen LogP contribution in [0.1, 0.15) is 33.1 Å². The minimum Gasteiger partial charge on any atom is -0.0654 e. The Morgan fingerprint density at radius 1 is 0.889 bits per heavy atom. The van der Waals surface area contributed by atoms with E-state index in [9.17, 15) is 0 Å². The molecular formula is C7H16P2. The van der Waals surface area contributed by atoms with E-state index in [-0.39, 0.29) is 0 Å². The largest absolute Gasteiger partial charge is 0.0654 e. The minimum absolute atomic E-state index is 1.35. The topological polar surface area (TPSA) is 0 Å². The zero-order valence-electron chi connectivity index (χ0n) is 6.43. The van der Waals surface area contributed by atoms with Gasteiger partial charge in [0.1, 0.15) is 0 Å². The van der Waals surface area contributed by atoms with Crippen molar-refractivity contribution in [1.29, 1.82) is 0 Å². The number of rotatable bonds is 6. The Bertz CT molecular complexity index is 40.2. The molecule has 0 aromatic carbocycles. The van der Waals surface area contributed by atoms with E-state index in [4.69, 9.17) is 0 Å². The first-order chi connectivity index (χ1) is 4.41. The molecule has 0 aliphatic rings. The summed E-state index contributed by atoms with van der Waals surface area (Å²) >= 11 is 0. The van der Waals surface area contributed by atoms with Crippen molar-refractivity contribution in [3.63, 3.8) is 0 Å². The fourth-order valence-corrected chi connectivity index (χ4v) is 3.28. The summed E-state index contributed by atoms with van der Waals surface area (Å²) < 4.78 is 0. The third-order valence-corrected chi connectivity index (χ3v) is 4.20. The van der Waals surface area contributed by atoms with Gasteiger partial charge in [0, 0.05) is 0 Å². The predicted octanol–water partition coefficient (Wildman–Crippen LogP) is 4.00. The first kappa shape index (κ1) is 9.86. The van der Waals surface area contributed by atoms with E-state index in [1.54, 1.807) is 16.5 Å². The molecule has 0 fully saturated rings. The van der Waals surface area contributed by atoms with Crippen molar-refractivity contribution in [1.82, 2.24) is 0 Å². The summed E-state index contributed by atoms with van der Waals surface area (Å²) in [5, 5.41) is 0. The molecule has 0 unspecified atom stereocenters. The SMILES string of the molecule is CCCC[P][P]CCC. The highest BCUT2D eigenvalue weighted by atomic mass is 32.0. The second-order valence-electron chi connectivity index (χ2n) is 2.08. The maximum absolute atomic E-state index is 2.26. The molecule has 0 aromatic rings. The van der Waals surface area contributed by atoms with Crippen molar-refractivity contribution in [3.05, 3.63) is 0 Å². The van der Waals surface area contributed by atoms with Crippen LogP contribution >= 0.6 is 16.5 Å². The Balaban J connectivity index is 2.60. The third kappa shape index (κ3) is 8.86. The molecule has 0 N–H and O–H groups in total. The van der Waals surface area contributed by atoms with Crippen LogP contribution < -0.4 is 0 Å². The summed E-state index contributed by atoms with van der Waals surface area (Å²) in [5.41, 5.74) is 0. The maximum atomic E-state index is 2.26. The zero-order chi connectivity index (χ0) is 6.95. The molecule has 0 saturated heterocycles. The highest BCUT2D eigenvalue weighted by Crippen LogP contribution is 2.37. The lowest BCUT2D eigenvalue weighted by atomic mass is 10.4. The van der Waals surface area contributed by atoms with Crippen molar-refractivity contribution in [2.24, 2.45) is 0 Å². The third-order valence-electron chi connectivity index (χ3n) is 1.04. The molecule has 2 heteroatoms.